The zero-order valence-corrected chi connectivity index (χ0v) is 52.5. The van der Waals surface area contributed by atoms with E-state index in [1.54, 1.807) is 6.20 Å². The Bertz CT molecular complexity index is 4010. The van der Waals surface area contributed by atoms with Crippen molar-refractivity contribution in [2.45, 2.75) is 145 Å². The highest BCUT2D eigenvalue weighted by Crippen LogP contribution is 2.25. The van der Waals surface area contributed by atoms with Gasteiger partial charge in [-0.05, 0) is 123 Å². The molecule has 514 valence electrons. The molecular weight excluding hydrogens is 1270 g/mol. The molecule has 0 spiro atoms. The van der Waals surface area contributed by atoms with E-state index in [9.17, 15) is 71.7 Å². The Kier molecular flexibility index (Phi) is 23.8. The van der Waals surface area contributed by atoms with E-state index in [-0.39, 0.29) is 99.8 Å². The predicted molar refractivity (Wildman–Crippen MR) is 341 cm³/mol. The third-order valence-corrected chi connectivity index (χ3v) is 16.8. The van der Waals surface area contributed by atoms with E-state index in [2.05, 4.69) is 72.8 Å². The van der Waals surface area contributed by atoms with Gasteiger partial charge in [0.25, 0.3) is 0 Å². The fourth-order valence-electron chi connectivity index (χ4n) is 11.7. The minimum atomic E-state index is -2.05. The number of imidazole rings is 1. The van der Waals surface area contributed by atoms with Crippen LogP contribution in [0.2, 0.25) is 0 Å². The molecule has 31 nitrogen and oxygen atoms in total. The Balaban J connectivity index is 1.06. The number of aryl methyl sites for hydroxylation is 2. The molecule has 1 fully saturated rings. The fourth-order valence-corrected chi connectivity index (χ4v) is 11.7. The molecule has 1 saturated heterocycles. The summed E-state index contributed by atoms with van der Waals surface area (Å²) in [6.45, 7) is -0.294. The van der Waals surface area contributed by atoms with Gasteiger partial charge in [-0.15, -0.1) is 5.10 Å². The number of primary amides is 1. The number of phenols is 1. The van der Waals surface area contributed by atoms with Crippen molar-refractivity contribution < 1.29 is 71.7 Å². The summed E-state index contributed by atoms with van der Waals surface area (Å²) in [5.41, 5.74) is 14.0. The average Bonchev–Trinajstić information content (AvgIpc) is 1.79. The number of aromatic amines is 3. The quantitative estimate of drug-likeness (QED) is 0.0561. The first-order valence-corrected chi connectivity index (χ1v) is 31.6. The summed E-state index contributed by atoms with van der Waals surface area (Å²) < 4.78 is 31.2. The molecule has 0 aliphatic carbocycles. The van der Waals surface area contributed by atoms with Crippen molar-refractivity contribution in [3.05, 3.63) is 131 Å². The summed E-state index contributed by atoms with van der Waals surface area (Å²) in [5.74, 6) is -12.2. The number of carboxylic acid groups (broad SMARTS) is 1. The number of nitrogens with one attached hydrogen (secondary N) is 11. The van der Waals surface area contributed by atoms with Crippen molar-refractivity contribution >= 4 is 86.8 Å². The van der Waals surface area contributed by atoms with Gasteiger partial charge in [-0.1, -0.05) is 17.3 Å². The second kappa shape index (κ2) is 32.8. The van der Waals surface area contributed by atoms with Crippen LogP contribution in [0.15, 0.2) is 91.8 Å². The van der Waals surface area contributed by atoms with Crippen molar-refractivity contribution in [2.75, 3.05) is 19.6 Å². The summed E-state index contributed by atoms with van der Waals surface area (Å²) in [6, 6.07) is 0.959. The Morgan fingerprint density at radius 1 is 0.619 bits per heavy atom. The number of carboxylic acids is 1. The molecule has 2 aliphatic rings. The maximum atomic E-state index is 15.0. The van der Waals surface area contributed by atoms with Gasteiger partial charge in [0.15, 0.2) is 0 Å². The van der Waals surface area contributed by atoms with Gasteiger partial charge in [0.05, 0.1) is 25.0 Å². The molecule has 2 aliphatic heterocycles. The number of hydrogen-bond acceptors (Lipinski definition) is 16. The number of hydrogen-bond donors (Lipinski definition) is 15. The molecular formula is C64H76F2N18O13. The Hall–Kier alpha value is -11.1. The minimum absolute atomic E-state index is 0.0136. The Labute approximate surface area is 552 Å². The number of carbonyl (C=O) groups excluding carboxylic acids is 10. The molecule has 6 heterocycles. The van der Waals surface area contributed by atoms with E-state index >= 15 is 0 Å². The van der Waals surface area contributed by atoms with Gasteiger partial charge in [-0.3, -0.25) is 57.4 Å². The SMILES string of the molecule is NCCCC[C@@H]1NC(=O)CCCn2cc(nn2)CC[C@@H](C(N)=O)NC(=O)[C@@H]2CCCN2C(=O)[C@H](Cc2ccc(O)cc2)NC(=O)[C@H](Cc2cnc[nH]2)NC(=O)[C@H](CC(=O)O)NC(=O)[C@H](Cc2c[nH]c3ccc(F)cc23)NC(=O)[C@H](Cc2c[nH]c3ccc(F)cc23)NC(=O)CNC1=O. The van der Waals surface area contributed by atoms with Crippen LogP contribution in [0.1, 0.15) is 85.9 Å². The number of fused-ring (bicyclic) bond motifs is 5. The van der Waals surface area contributed by atoms with Gasteiger partial charge < -0.3 is 84.1 Å². The number of halogens is 2. The van der Waals surface area contributed by atoms with E-state index in [0.29, 0.717) is 52.5 Å². The van der Waals surface area contributed by atoms with Crippen molar-refractivity contribution in [3.63, 3.8) is 0 Å². The molecule has 17 N–H and O–H groups in total. The second-order valence-electron chi connectivity index (χ2n) is 23.9. The first-order valence-electron chi connectivity index (χ1n) is 31.6. The number of aromatic nitrogens is 7. The summed E-state index contributed by atoms with van der Waals surface area (Å²) >= 11 is 0. The van der Waals surface area contributed by atoms with E-state index in [1.807, 2.05) is 0 Å². The van der Waals surface area contributed by atoms with E-state index in [0.717, 1.165) is 6.07 Å². The summed E-state index contributed by atoms with van der Waals surface area (Å²) in [5, 5.41) is 50.0. The van der Waals surface area contributed by atoms with Gasteiger partial charge >= 0.3 is 5.97 Å². The molecule has 10 amide bonds. The molecule has 3 aromatic carbocycles. The van der Waals surface area contributed by atoms with Crippen molar-refractivity contribution in [3.8, 4) is 5.75 Å². The number of aliphatic carboxylic acids is 1. The number of unbranched alkanes of at least 4 members (excludes halogenated alkanes) is 1. The number of H-pyrrole nitrogens is 3. The first-order chi connectivity index (χ1) is 46.6. The smallest absolute Gasteiger partial charge is 0.305 e. The van der Waals surface area contributed by atoms with Crippen LogP contribution in [0.4, 0.5) is 8.78 Å². The molecule has 9 rings (SSSR count). The normalized spacial score (nSPS) is 22.2. The zero-order chi connectivity index (χ0) is 69.3. The minimum Gasteiger partial charge on any atom is -0.508 e. The van der Waals surface area contributed by atoms with Crippen LogP contribution in [0, 0.1) is 11.6 Å². The van der Waals surface area contributed by atoms with Crippen LogP contribution in [0.5, 0.6) is 5.75 Å². The number of benzene rings is 3. The van der Waals surface area contributed by atoms with Crippen LogP contribution < -0.4 is 54.0 Å². The lowest BCUT2D eigenvalue weighted by molar-refractivity contribution is -0.143. The molecule has 97 heavy (non-hydrogen) atoms. The van der Waals surface area contributed by atoms with E-state index < -0.39 is 144 Å². The number of amides is 10. The van der Waals surface area contributed by atoms with Gasteiger partial charge in [0.2, 0.25) is 59.1 Å². The van der Waals surface area contributed by atoms with Crippen LogP contribution >= 0.6 is 0 Å². The Morgan fingerprint density at radius 2 is 1.23 bits per heavy atom. The molecule has 33 heteroatoms. The van der Waals surface area contributed by atoms with Crippen molar-refractivity contribution in [2.24, 2.45) is 11.5 Å². The maximum Gasteiger partial charge on any atom is 0.305 e. The predicted octanol–water partition coefficient (Wildman–Crippen LogP) is -0.765. The lowest BCUT2D eigenvalue weighted by Gasteiger charge is -2.31. The molecule has 2 bridgehead atoms. The highest BCUT2D eigenvalue weighted by atomic mass is 19.1. The van der Waals surface area contributed by atoms with Gasteiger partial charge in [-0.25, -0.2) is 13.8 Å². The van der Waals surface area contributed by atoms with Crippen LogP contribution in [-0.2, 0) is 91.4 Å². The van der Waals surface area contributed by atoms with Crippen LogP contribution in [0.3, 0.4) is 0 Å². The summed E-state index contributed by atoms with van der Waals surface area (Å²) in [6.07, 6.45) is 6.04. The topological polar surface area (TPSA) is 471 Å². The lowest BCUT2D eigenvalue weighted by atomic mass is 10.0. The Morgan fingerprint density at radius 3 is 1.85 bits per heavy atom. The highest BCUT2D eigenvalue weighted by Gasteiger charge is 2.41. The standard InChI is InChI=1S/C64H76F2N18O13/c65-37-10-15-44-42(24-37)35(28-70-44)22-48-59(92)77-49(23-36-29-71-45-16-11-38(66)25-43(36)45)60(93)79-51(27-56(88)89)62(95)78-50(26-40-30-69-33-73-40)61(94)80-52(21-34-8-13-41(85)14-9-34)64(97)84-20-3-6-53(84)63(96)76-46(57(68)90)17-12-39-32-83(82-81-39)19-4-7-54(86)74-47(5-1-2-18-67)58(91)72-31-55(87)75-48/h8-11,13-16,24-25,28-30,32-33,46-53,70-71,85H,1-7,12,17-23,26-27,31,67H2,(H2,68,90)(H,69,73)(H,72,91)(H,74,86)(H,75,87)(H,76,96)(H,77,92)(H,78,95)(H,79,93)(H,80,94)(H,88,89)/t46-,47-,48-,49-,50-,51-,52-,53-/m0/s1. The number of nitrogens with zero attached hydrogens (tertiary/aromatic N) is 5. The zero-order valence-electron chi connectivity index (χ0n) is 52.5. The second-order valence-corrected chi connectivity index (χ2v) is 23.9. The average molecular weight is 1340 g/mol. The molecule has 0 saturated carbocycles. The molecule has 8 atom stereocenters. The molecule has 0 radical (unpaired) electrons. The highest BCUT2D eigenvalue weighted by molar-refractivity contribution is 6.00. The molecule has 7 aromatic rings. The third-order valence-electron chi connectivity index (χ3n) is 16.8. The van der Waals surface area contributed by atoms with E-state index in [4.69, 9.17) is 11.5 Å². The monoisotopic (exact) mass is 1340 g/mol. The summed E-state index contributed by atoms with van der Waals surface area (Å²) in [7, 11) is 0. The largest absolute Gasteiger partial charge is 0.508 e. The third kappa shape index (κ3) is 19.3. The van der Waals surface area contributed by atoms with Gasteiger partial charge in [0, 0.05) is 97.5 Å². The first kappa shape index (κ1) is 70.2. The summed E-state index contributed by atoms with van der Waals surface area (Å²) in [4.78, 5) is 170. The van der Waals surface area contributed by atoms with Crippen LogP contribution in [-0.4, -0.2) is 183 Å². The van der Waals surface area contributed by atoms with Gasteiger partial charge in [0.1, 0.15) is 65.7 Å². The number of nitrogens with two attached hydrogens (primary N) is 2. The van der Waals surface area contributed by atoms with Crippen LogP contribution in [0.25, 0.3) is 21.8 Å². The maximum absolute atomic E-state index is 15.0. The van der Waals surface area contributed by atoms with E-state index in [1.165, 1.54) is 89.1 Å². The molecule has 0 unspecified atom stereocenters. The van der Waals surface area contributed by atoms with Gasteiger partial charge in [-0.2, -0.15) is 0 Å². The molecule has 4 aromatic heterocycles. The number of rotatable bonds is 15. The number of phenolic OH excluding ortho intramolecular Hbond substituents is 1. The number of aromatic hydroxyl groups is 1. The lowest BCUT2D eigenvalue weighted by Crippen LogP contribution is -2.61. The fraction of sp³-hybridized carbons (Fsp3) is 0.406. The van der Waals surface area contributed by atoms with Crippen molar-refractivity contribution in [1.82, 2.24) is 82.4 Å². The number of carbonyl (C=O) groups is 11. The van der Waals surface area contributed by atoms with Crippen molar-refractivity contribution in [1.29, 1.82) is 0 Å².